The lowest BCUT2D eigenvalue weighted by molar-refractivity contribution is 0.107. The summed E-state index contributed by atoms with van der Waals surface area (Å²) < 4.78 is 32.5. The number of cyclic esters (lactones) is 1. The summed E-state index contributed by atoms with van der Waals surface area (Å²) in [5.41, 5.74) is 0.715. The van der Waals surface area contributed by atoms with Gasteiger partial charge in [0.05, 0.1) is 12.8 Å². The van der Waals surface area contributed by atoms with E-state index in [1.54, 1.807) is 0 Å². The quantitative estimate of drug-likeness (QED) is 0.570. The van der Waals surface area contributed by atoms with Crippen LogP contribution in [0.25, 0.3) is 0 Å². The molecule has 0 radical (unpaired) electrons. The van der Waals surface area contributed by atoms with E-state index >= 15 is 0 Å². The van der Waals surface area contributed by atoms with Crippen LogP contribution in [0, 0.1) is 3.57 Å². The minimum absolute atomic E-state index is 0.161. The highest BCUT2D eigenvalue weighted by atomic mass is 127. The molecule has 0 aliphatic carbocycles. The van der Waals surface area contributed by atoms with Crippen molar-refractivity contribution in [1.29, 1.82) is 0 Å². The molecule has 6 nitrogen and oxygen atoms in total. The van der Waals surface area contributed by atoms with Gasteiger partial charge in [-0.3, -0.25) is 9.08 Å². The third-order valence-corrected chi connectivity index (χ3v) is 3.76. The molecule has 1 aliphatic rings. The van der Waals surface area contributed by atoms with Crippen LogP contribution in [-0.4, -0.2) is 40.0 Å². The van der Waals surface area contributed by atoms with Gasteiger partial charge in [-0.25, -0.2) is 4.79 Å². The first-order valence-corrected chi connectivity index (χ1v) is 8.33. The number of nitrogens with zero attached hydrogens (tertiary/aromatic N) is 1. The number of carbonyl (C=O) groups is 1. The molecule has 0 aromatic heterocycles. The van der Waals surface area contributed by atoms with Crippen molar-refractivity contribution in [1.82, 2.24) is 0 Å². The Morgan fingerprint density at radius 3 is 2.63 bits per heavy atom. The van der Waals surface area contributed by atoms with Gasteiger partial charge in [0.15, 0.2) is 0 Å². The third kappa shape index (κ3) is 4.05. The fourth-order valence-corrected chi connectivity index (χ4v) is 2.40. The standard InChI is InChI=1S/C11H12INO5S/c1-19(15,16)17-7-10-6-13(11(14)18-10)9-4-2-8(12)3-5-9/h2-5,10H,6-7H2,1H3/t10-/m1/s1. The second-order valence-electron chi connectivity index (χ2n) is 4.08. The van der Waals surface area contributed by atoms with Crippen LogP contribution in [-0.2, 0) is 19.0 Å². The van der Waals surface area contributed by atoms with E-state index in [2.05, 4.69) is 26.8 Å². The maximum Gasteiger partial charge on any atom is 0.414 e. The molecular formula is C11H12INO5S. The van der Waals surface area contributed by atoms with Crippen LogP contribution in [0.5, 0.6) is 0 Å². The summed E-state index contributed by atoms with van der Waals surface area (Å²) in [6.45, 7) is 0.111. The molecular weight excluding hydrogens is 385 g/mol. The van der Waals surface area contributed by atoms with Gasteiger partial charge in [-0.2, -0.15) is 8.42 Å². The molecule has 8 heteroatoms. The van der Waals surface area contributed by atoms with E-state index in [4.69, 9.17) is 4.74 Å². The summed E-state index contributed by atoms with van der Waals surface area (Å²) in [7, 11) is -3.53. The Morgan fingerprint density at radius 2 is 2.05 bits per heavy atom. The third-order valence-electron chi connectivity index (χ3n) is 2.48. The summed E-state index contributed by atoms with van der Waals surface area (Å²) in [5, 5.41) is 0. The number of halogens is 1. The molecule has 1 fully saturated rings. The minimum Gasteiger partial charge on any atom is -0.441 e. The van der Waals surface area contributed by atoms with Crippen molar-refractivity contribution < 1.29 is 22.1 Å². The van der Waals surface area contributed by atoms with E-state index < -0.39 is 22.3 Å². The topological polar surface area (TPSA) is 72.9 Å². The van der Waals surface area contributed by atoms with Gasteiger partial charge in [0.25, 0.3) is 10.1 Å². The highest BCUT2D eigenvalue weighted by molar-refractivity contribution is 14.1. The lowest BCUT2D eigenvalue weighted by Crippen LogP contribution is -2.26. The van der Waals surface area contributed by atoms with Crippen molar-refractivity contribution >= 4 is 44.5 Å². The Kier molecular flexibility index (Phi) is 4.31. The van der Waals surface area contributed by atoms with Crippen LogP contribution in [0.3, 0.4) is 0 Å². The molecule has 1 aromatic carbocycles. The van der Waals surface area contributed by atoms with E-state index in [9.17, 15) is 13.2 Å². The number of benzene rings is 1. The van der Waals surface area contributed by atoms with E-state index in [-0.39, 0.29) is 13.2 Å². The van der Waals surface area contributed by atoms with Gasteiger partial charge in [0, 0.05) is 9.26 Å². The largest absolute Gasteiger partial charge is 0.441 e. The second-order valence-corrected chi connectivity index (χ2v) is 6.97. The number of amides is 1. The monoisotopic (exact) mass is 397 g/mol. The Labute approximate surface area is 124 Å². The number of rotatable bonds is 4. The molecule has 104 valence electrons. The van der Waals surface area contributed by atoms with Crippen LogP contribution in [0.4, 0.5) is 10.5 Å². The number of carbonyl (C=O) groups excluding carboxylic acids is 1. The minimum atomic E-state index is -3.53. The zero-order valence-corrected chi connectivity index (χ0v) is 13.0. The van der Waals surface area contributed by atoms with Crippen molar-refractivity contribution in [2.75, 3.05) is 24.3 Å². The first-order valence-electron chi connectivity index (χ1n) is 5.43. The first kappa shape index (κ1) is 14.5. The summed E-state index contributed by atoms with van der Waals surface area (Å²) in [5.74, 6) is 0. The summed E-state index contributed by atoms with van der Waals surface area (Å²) in [4.78, 5) is 13.1. The maximum absolute atomic E-state index is 11.7. The number of ether oxygens (including phenoxy) is 1. The van der Waals surface area contributed by atoms with Crippen molar-refractivity contribution in [2.45, 2.75) is 6.10 Å². The van der Waals surface area contributed by atoms with Crippen molar-refractivity contribution in [3.05, 3.63) is 27.8 Å². The first-order chi connectivity index (χ1) is 8.85. The zero-order valence-electron chi connectivity index (χ0n) is 10.1. The van der Waals surface area contributed by atoms with Gasteiger partial charge in [-0.05, 0) is 46.9 Å². The smallest absolute Gasteiger partial charge is 0.414 e. The van der Waals surface area contributed by atoms with Gasteiger partial charge < -0.3 is 4.74 Å². The van der Waals surface area contributed by atoms with E-state index in [0.717, 1.165) is 9.83 Å². The maximum atomic E-state index is 11.7. The summed E-state index contributed by atoms with van der Waals surface area (Å²) in [6, 6.07) is 7.37. The molecule has 1 aliphatic heterocycles. The molecule has 0 spiro atoms. The molecule has 2 rings (SSSR count). The van der Waals surface area contributed by atoms with E-state index in [1.165, 1.54) is 4.90 Å². The molecule has 1 atom stereocenters. The van der Waals surface area contributed by atoms with Crippen molar-refractivity contribution in [3.63, 3.8) is 0 Å². The molecule has 1 heterocycles. The fourth-order valence-electron chi connectivity index (χ4n) is 1.64. The summed E-state index contributed by atoms with van der Waals surface area (Å²) in [6.07, 6.45) is -0.120. The predicted molar refractivity (Wildman–Crippen MR) is 77.6 cm³/mol. The highest BCUT2D eigenvalue weighted by Crippen LogP contribution is 2.22. The average Bonchev–Trinajstić information content (AvgIpc) is 2.68. The Balaban J connectivity index is 2.01. The van der Waals surface area contributed by atoms with E-state index in [0.29, 0.717) is 5.69 Å². The Hall–Kier alpha value is -0.870. The number of hydrogen-bond donors (Lipinski definition) is 0. The molecule has 0 N–H and O–H groups in total. The highest BCUT2D eigenvalue weighted by Gasteiger charge is 2.33. The van der Waals surface area contributed by atoms with Gasteiger partial charge >= 0.3 is 6.09 Å². The lowest BCUT2D eigenvalue weighted by atomic mass is 10.3. The molecule has 1 aromatic rings. The SMILES string of the molecule is CS(=O)(=O)OC[C@H]1CN(c2ccc(I)cc2)C(=O)O1. The van der Waals surface area contributed by atoms with Crippen molar-refractivity contribution in [2.24, 2.45) is 0 Å². The summed E-state index contributed by atoms with van der Waals surface area (Å²) >= 11 is 2.17. The predicted octanol–water partition coefficient (Wildman–Crippen LogP) is 1.59. The van der Waals surface area contributed by atoms with E-state index in [1.807, 2.05) is 24.3 Å². The zero-order chi connectivity index (χ0) is 14.0. The Bertz CT molecular complexity index is 571. The molecule has 0 unspecified atom stereocenters. The van der Waals surface area contributed by atoms with Crippen LogP contribution in [0.2, 0.25) is 0 Å². The Morgan fingerprint density at radius 1 is 1.42 bits per heavy atom. The van der Waals surface area contributed by atoms with Gasteiger partial charge in [0.2, 0.25) is 0 Å². The second kappa shape index (κ2) is 5.63. The van der Waals surface area contributed by atoms with Gasteiger partial charge in [-0.15, -0.1) is 0 Å². The molecule has 1 amide bonds. The van der Waals surface area contributed by atoms with Gasteiger partial charge in [-0.1, -0.05) is 0 Å². The average molecular weight is 397 g/mol. The lowest BCUT2D eigenvalue weighted by Gasteiger charge is -2.12. The van der Waals surface area contributed by atoms with Gasteiger partial charge in [0.1, 0.15) is 12.7 Å². The van der Waals surface area contributed by atoms with Crippen LogP contribution >= 0.6 is 22.6 Å². The molecule has 0 bridgehead atoms. The normalized spacial score (nSPS) is 19.6. The number of anilines is 1. The molecule has 0 saturated carbocycles. The van der Waals surface area contributed by atoms with Crippen LogP contribution < -0.4 is 4.90 Å². The fraction of sp³-hybridized carbons (Fsp3) is 0.364. The van der Waals surface area contributed by atoms with Crippen LogP contribution in [0.15, 0.2) is 24.3 Å². The molecule has 1 saturated heterocycles. The van der Waals surface area contributed by atoms with Crippen LogP contribution in [0.1, 0.15) is 0 Å². The number of hydrogen-bond acceptors (Lipinski definition) is 5. The van der Waals surface area contributed by atoms with Crippen molar-refractivity contribution in [3.8, 4) is 0 Å². The molecule has 19 heavy (non-hydrogen) atoms.